The smallest absolute Gasteiger partial charge is 0.330 e. The van der Waals surface area contributed by atoms with Gasteiger partial charge in [-0.1, -0.05) is 47.5 Å². The van der Waals surface area contributed by atoms with Crippen LogP contribution in [0.5, 0.6) is 0 Å². The minimum atomic E-state index is -1.78. The van der Waals surface area contributed by atoms with Crippen molar-refractivity contribution < 1.29 is 5.11 Å². The van der Waals surface area contributed by atoms with Crippen molar-refractivity contribution in [1.29, 1.82) is 0 Å². The number of benzene rings is 2. The molecule has 0 unspecified atom stereocenters. The van der Waals surface area contributed by atoms with Gasteiger partial charge in [0.25, 0.3) is 5.56 Å². The Morgan fingerprint density at radius 1 is 0.846 bits per heavy atom. The van der Waals surface area contributed by atoms with Crippen LogP contribution in [0.25, 0.3) is 0 Å². The lowest BCUT2D eigenvalue weighted by Gasteiger charge is -2.30. The van der Waals surface area contributed by atoms with E-state index in [1.807, 2.05) is 0 Å². The zero-order valence-electron chi connectivity index (χ0n) is 14.1. The van der Waals surface area contributed by atoms with Crippen LogP contribution in [-0.4, -0.2) is 14.2 Å². The molecule has 1 heterocycles. The SMILES string of the molecule is Cn1cc(C(O)(c2ccc(Cl)cc2)c2ccc(Cl)cc2)c(=O)n(C)c1=O. The van der Waals surface area contributed by atoms with Gasteiger partial charge in [-0.2, -0.15) is 0 Å². The van der Waals surface area contributed by atoms with Crippen molar-refractivity contribution in [2.45, 2.75) is 5.60 Å². The molecule has 26 heavy (non-hydrogen) atoms. The Hall–Kier alpha value is -2.34. The number of hydrogen-bond donors (Lipinski definition) is 1. The molecule has 0 atom stereocenters. The lowest BCUT2D eigenvalue weighted by Crippen LogP contribution is -2.44. The average molecular weight is 391 g/mol. The molecule has 1 N–H and O–H groups in total. The van der Waals surface area contributed by atoms with Crippen LogP contribution in [0.3, 0.4) is 0 Å². The summed E-state index contributed by atoms with van der Waals surface area (Å²) in [5.41, 5.74) is -1.91. The van der Waals surface area contributed by atoms with E-state index < -0.39 is 16.9 Å². The molecule has 0 bridgehead atoms. The Morgan fingerprint density at radius 3 is 1.69 bits per heavy atom. The van der Waals surface area contributed by atoms with Gasteiger partial charge in [-0.05, 0) is 35.4 Å². The fourth-order valence-electron chi connectivity index (χ4n) is 2.92. The lowest BCUT2D eigenvalue weighted by molar-refractivity contribution is 0.122. The summed E-state index contributed by atoms with van der Waals surface area (Å²) in [7, 11) is 2.90. The van der Waals surface area contributed by atoms with E-state index in [0.29, 0.717) is 21.2 Å². The lowest BCUT2D eigenvalue weighted by atomic mass is 9.81. The third kappa shape index (κ3) is 2.98. The Balaban J connectivity index is 2.39. The first-order valence-electron chi connectivity index (χ1n) is 7.76. The maximum absolute atomic E-state index is 12.8. The summed E-state index contributed by atoms with van der Waals surface area (Å²) in [5, 5.41) is 12.7. The predicted octanol–water partition coefficient (Wildman–Crippen LogP) is 2.68. The predicted molar refractivity (Wildman–Crippen MR) is 102 cm³/mol. The van der Waals surface area contributed by atoms with Crippen molar-refractivity contribution in [3.63, 3.8) is 0 Å². The molecule has 0 fully saturated rings. The normalized spacial score (nSPS) is 11.6. The summed E-state index contributed by atoms with van der Waals surface area (Å²) < 4.78 is 2.22. The molecule has 0 aliphatic carbocycles. The molecule has 0 radical (unpaired) electrons. The Bertz CT molecular complexity index is 1020. The Labute approximate surface area is 159 Å². The van der Waals surface area contributed by atoms with E-state index in [2.05, 4.69) is 0 Å². The van der Waals surface area contributed by atoms with E-state index >= 15 is 0 Å². The van der Waals surface area contributed by atoms with E-state index in [9.17, 15) is 14.7 Å². The monoisotopic (exact) mass is 390 g/mol. The quantitative estimate of drug-likeness (QED) is 0.747. The van der Waals surface area contributed by atoms with Crippen molar-refractivity contribution in [3.05, 3.63) is 102 Å². The van der Waals surface area contributed by atoms with Gasteiger partial charge in [-0.25, -0.2) is 4.79 Å². The van der Waals surface area contributed by atoms with Gasteiger partial charge < -0.3 is 9.67 Å². The summed E-state index contributed by atoms with van der Waals surface area (Å²) >= 11 is 11.9. The van der Waals surface area contributed by atoms with Crippen LogP contribution < -0.4 is 11.2 Å². The molecule has 0 aliphatic rings. The van der Waals surface area contributed by atoms with E-state index in [-0.39, 0.29) is 5.56 Å². The zero-order valence-corrected chi connectivity index (χ0v) is 15.6. The molecular weight excluding hydrogens is 375 g/mol. The fraction of sp³-hybridized carbons (Fsp3) is 0.158. The molecule has 0 spiro atoms. The molecule has 0 aliphatic heterocycles. The molecule has 0 saturated heterocycles. The van der Waals surface area contributed by atoms with Crippen LogP contribution in [0, 0.1) is 0 Å². The molecule has 1 aromatic heterocycles. The number of aryl methyl sites for hydroxylation is 1. The molecule has 2 aromatic carbocycles. The number of hydrogen-bond acceptors (Lipinski definition) is 3. The molecular formula is C19H16Cl2N2O3. The summed E-state index contributed by atoms with van der Waals surface area (Å²) in [6, 6.07) is 13.1. The van der Waals surface area contributed by atoms with E-state index in [1.54, 1.807) is 48.5 Å². The van der Waals surface area contributed by atoms with Crippen LogP contribution >= 0.6 is 23.2 Å². The molecule has 0 amide bonds. The number of nitrogens with zero attached hydrogens (tertiary/aromatic N) is 2. The Morgan fingerprint density at radius 2 is 1.27 bits per heavy atom. The maximum atomic E-state index is 12.8. The summed E-state index contributed by atoms with van der Waals surface area (Å²) in [4.78, 5) is 24.8. The highest BCUT2D eigenvalue weighted by Gasteiger charge is 2.37. The summed E-state index contributed by atoms with van der Waals surface area (Å²) in [6.07, 6.45) is 1.36. The third-order valence-electron chi connectivity index (χ3n) is 4.36. The van der Waals surface area contributed by atoms with Crippen molar-refractivity contribution in [2.24, 2.45) is 14.1 Å². The average Bonchev–Trinajstić information content (AvgIpc) is 2.63. The van der Waals surface area contributed by atoms with Crippen LogP contribution in [0.4, 0.5) is 0 Å². The van der Waals surface area contributed by atoms with Gasteiger partial charge in [0.1, 0.15) is 5.60 Å². The second-order valence-corrected chi connectivity index (χ2v) is 6.90. The van der Waals surface area contributed by atoms with E-state index in [1.165, 1.54) is 24.9 Å². The van der Waals surface area contributed by atoms with Gasteiger partial charge in [0.2, 0.25) is 0 Å². The van der Waals surface area contributed by atoms with Gasteiger partial charge in [-0.3, -0.25) is 9.36 Å². The highest BCUT2D eigenvalue weighted by Crippen LogP contribution is 2.35. The molecule has 7 heteroatoms. The summed E-state index contributed by atoms with van der Waals surface area (Å²) in [5.74, 6) is 0. The zero-order chi connectivity index (χ0) is 19.1. The highest BCUT2D eigenvalue weighted by atomic mass is 35.5. The maximum Gasteiger partial charge on any atom is 0.330 e. The van der Waals surface area contributed by atoms with Crippen LogP contribution in [-0.2, 0) is 19.7 Å². The van der Waals surface area contributed by atoms with Gasteiger partial charge in [0.15, 0.2) is 0 Å². The van der Waals surface area contributed by atoms with Crippen molar-refractivity contribution in [3.8, 4) is 0 Å². The molecule has 3 rings (SSSR count). The first-order chi connectivity index (χ1) is 12.2. The number of rotatable bonds is 3. The number of halogens is 2. The van der Waals surface area contributed by atoms with Crippen molar-refractivity contribution in [2.75, 3.05) is 0 Å². The van der Waals surface area contributed by atoms with Gasteiger partial charge in [0.05, 0.1) is 5.56 Å². The summed E-state index contributed by atoms with van der Waals surface area (Å²) in [6.45, 7) is 0. The van der Waals surface area contributed by atoms with Gasteiger partial charge in [0, 0.05) is 30.3 Å². The molecule has 134 valence electrons. The highest BCUT2D eigenvalue weighted by molar-refractivity contribution is 6.30. The number of aliphatic hydroxyl groups is 1. The minimum absolute atomic E-state index is 0.0479. The minimum Gasteiger partial charge on any atom is -0.376 e. The molecule has 3 aromatic rings. The molecule has 5 nitrogen and oxygen atoms in total. The van der Waals surface area contributed by atoms with Gasteiger partial charge in [-0.15, -0.1) is 0 Å². The first-order valence-corrected chi connectivity index (χ1v) is 8.52. The van der Waals surface area contributed by atoms with E-state index in [0.717, 1.165) is 4.57 Å². The number of aromatic nitrogens is 2. The largest absolute Gasteiger partial charge is 0.376 e. The fourth-order valence-corrected chi connectivity index (χ4v) is 3.17. The van der Waals surface area contributed by atoms with Crippen LogP contribution in [0.15, 0.2) is 64.3 Å². The third-order valence-corrected chi connectivity index (χ3v) is 4.86. The van der Waals surface area contributed by atoms with Crippen LogP contribution in [0.1, 0.15) is 16.7 Å². The molecule has 0 saturated carbocycles. The van der Waals surface area contributed by atoms with Crippen LogP contribution in [0.2, 0.25) is 10.0 Å². The second kappa shape index (κ2) is 6.76. The first kappa shape index (κ1) is 18.5. The van der Waals surface area contributed by atoms with Gasteiger partial charge >= 0.3 is 5.69 Å². The van der Waals surface area contributed by atoms with E-state index in [4.69, 9.17) is 23.2 Å². The Kier molecular flexibility index (Phi) is 4.80. The topological polar surface area (TPSA) is 64.2 Å². The van der Waals surface area contributed by atoms with Crippen molar-refractivity contribution >= 4 is 23.2 Å². The second-order valence-electron chi connectivity index (χ2n) is 6.02. The van der Waals surface area contributed by atoms with Crippen molar-refractivity contribution in [1.82, 2.24) is 9.13 Å². The standard InChI is InChI=1S/C19H16Cl2N2O3/c1-22-11-16(17(24)23(2)18(22)25)19(26,12-3-7-14(20)8-4-12)13-5-9-15(21)10-6-13/h3-11,26H,1-2H3.